The predicted octanol–water partition coefficient (Wildman–Crippen LogP) is 3.66. The minimum absolute atomic E-state index is 0.0525. The third kappa shape index (κ3) is 5.38. The Morgan fingerprint density at radius 1 is 1.18 bits per heavy atom. The van der Waals surface area contributed by atoms with Gasteiger partial charge >= 0.3 is 0 Å². The van der Waals surface area contributed by atoms with E-state index in [9.17, 15) is 14.4 Å². The fourth-order valence-electron chi connectivity index (χ4n) is 5.60. The van der Waals surface area contributed by atoms with Gasteiger partial charge in [0.25, 0.3) is 11.5 Å². The van der Waals surface area contributed by atoms with E-state index in [1.807, 2.05) is 43.0 Å². The van der Waals surface area contributed by atoms with Gasteiger partial charge in [-0.2, -0.15) is 0 Å². The first-order valence-corrected chi connectivity index (χ1v) is 13.6. The van der Waals surface area contributed by atoms with Crippen LogP contribution in [0.15, 0.2) is 45.9 Å². The van der Waals surface area contributed by atoms with Gasteiger partial charge in [0.05, 0.1) is 36.9 Å². The molecule has 0 spiro atoms. The fraction of sp³-hybridized carbons (Fsp3) is 0.400. The number of H-pyrrole nitrogens is 1. The van der Waals surface area contributed by atoms with E-state index < -0.39 is 0 Å². The summed E-state index contributed by atoms with van der Waals surface area (Å²) < 4.78 is 12.6. The zero-order valence-electron chi connectivity index (χ0n) is 23.4. The number of aryl methyl sites for hydroxylation is 2. The molecule has 4 aromatic rings. The molecule has 1 aliphatic rings. The number of carbonyl (C=O) groups is 2. The molecule has 1 aromatic carbocycles. The van der Waals surface area contributed by atoms with Crippen molar-refractivity contribution in [1.82, 2.24) is 24.9 Å². The lowest BCUT2D eigenvalue weighted by molar-refractivity contribution is -0.132. The summed E-state index contributed by atoms with van der Waals surface area (Å²) in [5.41, 5.74) is 4.85. The zero-order chi connectivity index (χ0) is 28.4. The highest BCUT2D eigenvalue weighted by atomic mass is 16.5. The van der Waals surface area contributed by atoms with Crippen molar-refractivity contribution in [3.63, 3.8) is 0 Å². The maximum Gasteiger partial charge on any atom is 0.256 e. The number of aromatic amines is 1. The predicted molar refractivity (Wildman–Crippen MR) is 150 cm³/mol. The minimum Gasteiger partial charge on any atom is -0.496 e. The highest BCUT2D eigenvalue weighted by Crippen LogP contribution is 2.29. The molecule has 0 radical (unpaired) electrons. The van der Waals surface area contributed by atoms with E-state index >= 15 is 0 Å². The summed E-state index contributed by atoms with van der Waals surface area (Å²) in [6, 6.07) is 9.64. The summed E-state index contributed by atoms with van der Waals surface area (Å²) in [5.74, 6) is 0.652. The van der Waals surface area contributed by atoms with E-state index in [0.717, 1.165) is 41.5 Å². The normalized spacial score (nSPS) is 14.1. The molecule has 0 saturated carbocycles. The molecule has 3 aromatic heterocycles. The molecule has 1 aliphatic heterocycles. The molecule has 1 fully saturated rings. The Balaban J connectivity index is 1.29. The first kappa shape index (κ1) is 27.2. The molecule has 1 saturated heterocycles. The van der Waals surface area contributed by atoms with E-state index in [0.29, 0.717) is 47.3 Å². The van der Waals surface area contributed by atoms with Crippen molar-refractivity contribution in [3.8, 4) is 5.75 Å². The average molecular weight is 546 g/mol. The van der Waals surface area contributed by atoms with Crippen molar-refractivity contribution in [2.24, 2.45) is 5.92 Å². The standard InChI is InChI=1S/C30H35N5O5/c1-18-17-40-33-24(18)14-27(36)34-11-9-21(10-12-34)16-35-20(3)28(22-7-5-6-8-25(22)35)30(38)31-15-23-26(39-4)13-19(2)32-29(23)37/h5-8,13,17,21H,9-12,14-16H2,1-4H3,(H,31,38)(H,32,37). The molecule has 0 unspecified atom stereocenters. The van der Waals surface area contributed by atoms with E-state index in [1.165, 1.54) is 7.11 Å². The van der Waals surface area contributed by atoms with Gasteiger partial charge in [-0.3, -0.25) is 14.4 Å². The van der Waals surface area contributed by atoms with Crippen LogP contribution in [0.1, 0.15) is 51.4 Å². The van der Waals surface area contributed by atoms with Crippen LogP contribution < -0.4 is 15.6 Å². The molecular weight excluding hydrogens is 510 g/mol. The van der Waals surface area contributed by atoms with Gasteiger partial charge in [0, 0.05) is 47.5 Å². The number of amides is 2. The molecule has 10 heteroatoms. The second-order valence-corrected chi connectivity index (χ2v) is 10.5. The van der Waals surface area contributed by atoms with Crippen LogP contribution in [0.3, 0.4) is 0 Å². The Hall–Kier alpha value is -4.34. The van der Waals surface area contributed by atoms with Crippen molar-refractivity contribution in [1.29, 1.82) is 0 Å². The van der Waals surface area contributed by atoms with Crippen LogP contribution in [0.2, 0.25) is 0 Å². The maximum atomic E-state index is 13.5. The molecule has 0 atom stereocenters. The second-order valence-electron chi connectivity index (χ2n) is 10.5. The lowest BCUT2D eigenvalue weighted by Crippen LogP contribution is -2.40. The smallest absolute Gasteiger partial charge is 0.256 e. The van der Waals surface area contributed by atoms with Crippen molar-refractivity contribution < 1.29 is 18.8 Å². The maximum absolute atomic E-state index is 13.5. The molecule has 2 N–H and O–H groups in total. The Morgan fingerprint density at radius 2 is 1.93 bits per heavy atom. The molecular formula is C30H35N5O5. The number of pyridine rings is 1. The van der Waals surface area contributed by atoms with Crippen molar-refractivity contribution >= 4 is 22.7 Å². The summed E-state index contributed by atoms with van der Waals surface area (Å²) in [7, 11) is 1.51. The number of nitrogens with one attached hydrogen (secondary N) is 2. The fourth-order valence-corrected chi connectivity index (χ4v) is 5.60. The van der Waals surface area contributed by atoms with Crippen molar-refractivity contribution in [3.05, 3.63) is 80.7 Å². The minimum atomic E-state index is -0.280. The van der Waals surface area contributed by atoms with Gasteiger partial charge in [-0.05, 0) is 51.7 Å². The van der Waals surface area contributed by atoms with E-state index in [4.69, 9.17) is 9.26 Å². The van der Waals surface area contributed by atoms with Crippen LogP contribution >= 0.6 is 0 Å². The SMILES string of the molecule is COc1cc(C)[nH]c(=O)c1CNC(=O)c1c(C)n(CC2CCN(C(=O)Cc3nocc3C)CC2)c2ccccc12. The largest absolute Gasteiger partial charge is 0.496 e. The summed E-state index contributed by atoms with van der Waals surface area (Å²) in [6.45, 7) is 7.84. The second kappa shape index (κ2) is 11.4. The first-order valence-electron chi connectivity index (χ1n) is 13.6. The topological polar surface area (TPSA) is 122 Å². The van der Waals surface area contributed by atoms with Gasteiger partial charge in [-0.15, -0.1) is 0 Å². The van der Waals surface area contributed by atoms with Crippen LogP contribution in [-0.4, -0.2) is 51.6 Å². The summed E-state index contributed by atoms with van der Waals surface area (Å²) in [4.78, 5) is 43.5. The molecule has 2 amide bonds. The number of likely N-dealkylation sites (tertiary alicyclic amines) is 1. The Kier molecular flexibility index (Phi) is 7.77. The van der Waals surface area contributed by atoms with Crippen LogP contribution in [0, 0.1) is 26.7 Å². The number of carbonyl (C=O) groups excluding carboxylic acids is 2. The lowest BCUT2D eigenvalue weighted by Gasteiger charge is -2.32. The number of ether oxygens (including phenoxy) is 1. The third-order valence-corrected chi connectivity index (χ3v) is 7.91. The van der Waals surface area contributed by atoms with E-state index in [1.54, 1.807) is 19.3 Å². The average Bonchev–Trinajstić information content (AvgIpc) is 3.47. The van der Waals surface area contributed by atoms with Crippen LogP contribution in [0.4, 0.5) is 0 Å². The number of rotatable bonds is 8. The van der Waals surface area contributed by atoms with Gasteiger partial charge < -0.3 is 29.0 Å². The molecule has 5 rings (SSSR count). The number of aromatic nitrogens is 3. The van der Waals surface area contributed by atoms with Gasteiger partial charge in [0.2, 0.25) is 5.91 Å². The summed E-state index contributed by atoms with van der Waals surface area (Å²) in [5, 5.41) is 7.75. The van der Waals surface area contributed by atoms with E-state index in [2.05, 4.69) is 20.0 Å². The number of methoxy groups -OCH3 is 1. The van der Waals surface area contributed by atoms with Crippen LogP contribution in [-0.2, 0) is 24.3 Å². The number of hydrogen-bond acceptors (Lipinski definition) is 6. The Labute approximate surface area is 232 Å². The molecule has 4 heterocycles. The number of benzene rings is 1. The van der Waals surface area contributed by atoms with Gasteiger partial charge in [0.15, 0.2) is 0 Å². The van der Waals surface area contributed by atoms with Gasteiger partial charge in [0.1, 0.15) is 12.0 Å². The van der Waals surface area contributed by atoms with Crippen molar-refractivity contribution in [2.45, 2.75) is 53.1 Å². The summed E-state index contributed by atoms with van der Waals surface area (Å²) >= 11 is 0. The van der Waals surface area contributed by atoms with Crippen molar-refractivity contribution in [2.75, 3.05) is 20.2 Å². The Morgan fingerprint density at radius 3 is 2.62 bits per heavy atom. The van der Waals surface area contributed by atoms with Gasteiger partial charge in [-0.1, -0.05) is 23.4 Å². The first-order chi connectivity index (χ1) is 19.3. The highest BCUT2D eigenvalue weighted by molar-refractivity contribution is 6.08. The molecule has 0 bridgehead atoms. The zero-order valence-corrected chi connectivity index (χ0v) is 23.4. The molecule has 210 valence electrons. The monoisotopic (exact) mass is 545 g/mol. The van der Waals surface area contributed by atoms with Crippen LogP contribution in [0.25, 0.3) is 10.9 Å². The number of piperidine rings is 1. The lowest BCUT2D eigenvalue weighted by atomic mass is 9.96. The third-order valence-electron chi connectivity index (χ3n) is 7.91. The molecule has 10 nitrogen and oxygen atoms in total. The highest BCUT2D eigenvalue weighted by Gasteiger charge is 2.27. The number of nitrogens with zero attached hydrogens (tertiary/aromatic N) is 3. The number of para-hydroxylation sites is 1. The quantitative estimate of drug-likeness (QED) is 0.348. The Bertz CT molecular complexity index is 1610. The van der Waals surface area contributed by atoms with E-state index in [-0.39, 0.29) is 30.3 Å². The number of fused-ring (bicyclic) bond motifs is 1. The van der Waals surface area contributed by atoms with Gasteiger partial charge in [-0.25, -0.2) is 0 Å². The molecule has 40 heavy (non-hydrogen) atoms. The summed E-state index contributed by atoms with van der Waals surface area (Å²) in [6.07, 6.45) is 3.58. The number of hydrogen-bond donors (Lipinski definition) is 2. The van der Waals surface area contributed by atoms with Crippen LogP contribution in [0.5, 0.6) is 5.75 Å². The molecule has 0 aliphatic carbocycles.